The van der Waals surface area contributed by atoms with E-state index in [1.54, 1.807) is 13.3 Å². The Bertz CT molecular complexity index is 1140. The lowest BCUT2D eigenvalue weighted by atomic mass is 10.2. The zero-order valence-corrected chi connectivity index (χ0v) is 18.7. The van der Waals surface area contributed by atoms with Crippen molar-refractivity contribution in [3.63, 3.8) is 0 Å². The molecule has 1 heterocycles. The number of anilines is 5. The summed E-state index contributed by atoms with van der Waals surface area (Å²) in [6, 6.07) is 25.0. The molecule has 0 spiro atoms. The van der Waals surface area contributed by atoms with E-state index in [-0.39, 0.29) is 5.95 Å². The molecule has 0 atom stereocenters. The van der Waals surface area contributed by atoms with Gasteiger partial charge in [0, 0.05) is 21.4 Å². The van der Waals surface area contributed by atoms with Crippen LogP contribution in [0.5, 0.6) is 5.75 Å². The standard InChI is InChI=1S/C23H20BrN7O/c1-32-20-13-12-17(24)14-16(20)15-25-31-23-29-21(26-18-8-4-2-5-9-18)28-22(30-23)27-19-10-6-3-7-11-19/h2-15H,1H3,(H3,26,27,28,29,30,31). The van der Waals surface area contributed by atoms with Gasteiger partial charge in [-0.2, -0.15) is 20.1 Å². The average Bonchev–Trinajstić information content (AvgIpc) is 2.80. The summed E-state index contributed by atoms with van der Waals surface area (Å²) < 4.78 is 6.29. The Hall–Kier alpha value is -3.98. The maximum atomic E-state index is 5.37. The van der Waals surface area contributed by atoms with E-state index in [1.165, 1.54) is 0 Å². The number of para-hydroxylation sites is 2. The van der Waals surface area contributed by atoms with Crippen LogP contribution in [-0.2, 0) is 0 Å². The number of methoxy groups -OCH3 is 1. The molecule has 0 aliphatic heterocycles. The Balaban J connectivity index is 1.59. The van der Waals surface area contributed by atoms with Crippen LogP contribution in [0.2, 0.25) is 0 Å². The molecule has 0 aliphatic rings. The Morgan fingerprint density at radius 1 is 0.781 bits per heavy atom. The minimum Gasteiger partial charge on any atom is -0.496 e. The van der Waals surface area contributed by atoms with Crippen molar-refractivity contribution < 1.29 is 4.74 Å². The van der Waals surface area contributed by atoms with Gasteiger partial charge in [0.1, 0.15) is 5.75 Å². The summed E-state index contributed by atoms with van der Waals surface area (Å²) in [4.78, 5) is 13.3. The van der Waals surface area contributed by atoms with E-state index >= 15 is 0 Å². The second-order valence-electron chi connectivity index (χ2n) is 6.54. The maximum Gasteiger partial charge on any atom is 0.250 e. The molecule has 32 heavy (non-hydrogen) atoms. The fourth-order valence-corrected chi connectivity index (χ4v) is 3.18. The Morgan fingerprint density at radius 2 is 1.34 bits per heavy atom. The van der Waals surface area contributed by atoms with Crippen molar-refractivity contribution in [2.45, 2.75) is 0 Å². The van der Waals surface area contributed by atoms with Crippen molar-refractivity contribution in [1.82, 2.24) is 15.0 Å². The highest BCUT2D eigenvalue weighted by molar-refractivity contribution is 9.10. The summed E-state index contributed by atoms with van der Waals surface area (Å²) >= 11 is 3.46. The van der Waals surface area contributed by atoms with Crippen molar-refractivity contribution >= 4 is 51.4 Å². The van der Waals surface area contributed by atoms with Gasteiger partial charge in [0.2, 0.25) is 17.8 Å². The fourth-order valence-electron chi connectivity index (χ4n) is 2.80. The van der Waals surface area contributed by atoms with E-state index in [0.717, 1.165) is 21.4 Å². The molecule has 4 rings (SSSR count). The summed E-state index contributed by atoms with van der Waals surface area (Å²) in [5.74, 6) is 1.74. The molecule has 3 aromatic carbocycles. The third kappa shape index (κ3) is 5.79. The monoisotopic (exact) mass is 489 g/mol. The molecular weight excluding hydrogens is 470 g/mol. The molecule has 0 radical (unpaired) electrons. The molecule has 0 fully saturated rings. The Morgan fingerprint density at radius 3 is 1.91 bits per heavy atom. The van der Waals surface area contributed by atoms with Crippen LogP contribution in [0.3, 0.4) is 0 Å². The van der Waals surface area contributed by atoms with Crippen LogP contribution < -0.4 is 20.8 Å². The first-order valence-corrected chi connectivity index (χ1v) is 10.5. The number of hydrazone groups is 1. The molecule has 0 saturated carbocycles. The third-order valence-electron chi connectivity index (χ3n) is 4.26. The first kappa shape index (κ1) is 21.3. The lowest BCUT2D eigenvalue weighted by Gasteiger charge is -2.10. The van der Waals surface area contributed by atoms with Gasteiger partial charge in [0.15, 0.2) is 0 Å². The number of hydrogen-bond donors (Lipinski definition) is 3. The van der Waals surface area contributed by atoms with Crippen molar-refractivity contribution in [3.05, 3.63) is 88.9 Å². The number of nitrogens with zero attached hydrogens (tertiary/aromatic N) is 4. The van der Waals surface area contributed by atoms with Gasteiger partial charge < -0.3 is 15.4 Å². The minimum absolute atomic E-state index is 0.280. The molecule has 9 heteroatoms. The van der Waals surface area contributed by atoms with Crippen molar-refractivity contribution in [2.75, 3.05) is 23.2 Å². The number of ether oxygens (including phenoxy) is 1. The lowest BCUT2D eigenvalue weighted by Crippen LogP contribution is -2.07. The quantitative estimate of drug-likeness (QED) is 0.219. The number of rotatable bonds is 8. The highest BCUT2D eigenvalue weighted by Crippen LogP contribution is 2.22. The first-order chi connectivity index (χ1) is 15.7. The van der Waals surface area contributed by atoms with E-state index in [2.05, 4.69) is 52.0 Å². The predicted octanol–water partition coefficient (Wildman–Crippen LogP) is 5.58. The second kappa shape index (κ2) is 10.4. The molecule has 0 amide bonds. The van der Waals surface area contributed by atoms with Crippen molar-refractivity contribution in [2.24, 2.45) is 5.10 Å². The van der Waals surface area contributed by atoms with Gasteiger partial charge in [-0.15, -0.1) is 0 Å². The summed E-state index contributed by atoms with van der Waals surface area (Å²) in [6.45, 7) is 0. The van der Waals surface area contributed by atoms with Crippen LogP contribution in [0.1, 0.15) is 5.56 Å². The number of benzene rings is 3. The van der Waals surface area contributed by atoms with Crippen LogP contribution in [0.15, 0.2) is 88.4 Å². The average molecular weight is 490 g/mol. The normalized spacial score (nSPS) is 10.7. The van der Waals surface area contributed by atoms with E-state index in [9.17, 15) is 0 Å². The lowest BCUT2D eigenvalue weighted by molar-refractivity contribution is 0.414. The highest BCUT2D eigenvalue weighted by atomic mass is 79.9. The largest absolute Gasteiger partial charge is 0.496 e. The van der Waals surface area contributed by atoms with Gasteiger partial charge in [-0.05, 0) is 42.5 Å². The topological polar surface area (TPSA) is 96.4 Å². The van der Waals surface area contributed by atoms with E-state index in [4.69, 9.17) is 4.74 Å². The van der Waals surface area contributed by atoms with E-state index < -0.39 is 0 Å². The van der Waals surface area contributed by atoms with Crippen LogP contribution >= 0.6 is 15.9 Å². The van der Waals surface area contributed by atoms with E-state index in [1.807, 2.05) is 78.9 Å². The van der Waals surface area contributed by atoms with Crippen LogP contribution in [-0.4, -0.2) is 28.3 Å². The first-order valence-electron chi connectivity index (χ1n) is 9.72. The van der Waals surface area contributed by atoms with Gasteiger partial charge >= 0.3 is 0 Å². The molecule has 1 aromatic heterocycles. The van der Waals surface area contributed by atoms with Crippen LogP contribution in [0.4, 0.5) is 29.2 Å². The third-order valence-corrected chi connectivity index (χ3v) is 4.75. The van der Waals surface area contributed by atoms with Gasteiger partial charge in [-0.25, -0.2) is 5.43 Å². The van der Waals surface area contributed by atoms with Crippen LogP contribution in [0, 0.1) is 0 Å². The predicted molar refractivity (Wildman–Crippen MR) is 131 cm³/mol. The van der Waals surface area contributed by atoms with Gasteiger partial charge in [-0.3, -0.25) is 0 Å². The van der Waals surface area contributed by atoms with Gasteiger partial charge in [0.25, 0.3) is 0 Å². The fraction of sp³-hybridized carbons (Fsp3) is 0.0435. The molecular formula is C23H20BrN7O. The summed E-state index contributed by atoms with van der Waals surface area (Å²) in [5, 5.41) is 10.6. The second-order valence-corrected chi connectivity index (χ2v) is 7.46. The minimum atomic E-state index is 0.280. The van der Waals surface area contributed by atoms with Gasteiger partial charge in [0.05, 0.1) is 13.3 Å². The highest BCUT2D eigenvalue weighted by Gasteiger charge is 2.08. The molecule has 0 bridgehead atoms. The van der Waals surface area contributed by atoms with Crippen molar-refractivity contribution in [1.29, 1.82) is 0 Å². The maximum absolute atomic E-state index is 5.37. The summed E-state index contributed by atoms with van der Waals surface area (Å²) in [6.07, 6.45) is 1.64. The van der Waals surface area contributed by atoms with Crippen LogP contribution in [0.25, 0.3) is 0 Å². The number of halogens is 1. The summed E-state index contributed by atoms with van der Waals surface area (Å²) in [7, 11) is 1.61. The summed E-state index contributed by atoms with van der Waals surface area (Å²) in [5.41, 5.74) is 5.39. The molecule has 8 nitrogen and oxygen atoms in total. The zero-order chi connectivity index (χ0) is 22.2. The van der Waals surface area contributed by atoms with Crippen molar-refractivity contribution in [3.8, 4) is 5.75 Å². The molecule has 4 aromatic rings. The number of nitrogens with one attached hydrogen (secondary N) is 3. The SMILES string of the molecule is COc1ccc(Br)cc1C=NNc1nc(Nc2ccccc2)nc(Nc2ccccc2)n1. The molecule has 0 unspecified atom stereocenters. The molecule has 0 saturated heterocycles. The molecule has 0 aliphatic carbocycles. The molecule has 160 valence electrons. The number of hydrogen-bond acceptors (Lipinski definition) is 8. The Labute approximate surface area is 193 Å². The Kier molecular flexibility index (Phi) is 6.88. The number of aromatic nitrogens is 3. The smallest absolute Gasteiger partial charge is 0.250 e. The zero-order valence-electron chi connectivity index (χ0n) is 17.2. The molecule has 3 N–H and O–H groups in total. The van der Waals surface area contributed by atoms with Gasteiger partial charge in [-0.1, -0.05) is 52.3 Å². The van der Waals surface area contributed by atoms with E-state index in [0.29, 0.717) is 17.6 Å².